The molecule has 1 aliphatic heterocycles. The fourth-order valence-electron chi connectivity index (χ4n) is 2.82. The second kappa shape index (κ2) is 5.70. The highest BCUT2D eigenvalue weighted by molar-refractivity contribution is 5.68. The third kappa shape index (κ3) is 3.85. The highest BCUT2D eigenvalue weighted by Gasteiger charge is 2.35. The van der Waals surface area contributed by atoms with Crippen molar-refractivity contribution in [1.29, 1.82) is 0 Å². The Hall–Kier alpha value is -0.770. The summed E-state index contributed by atoms with van der Waals surface area (Å²) in [5, 5.41) is 3.70. The van der Waals surface area contributed by atoms with E-state index >= 15 is 0 Å². The molecule has 2 unspecified atom stereocenters. The van der Waals surface area contributed by atoms with Crippen LogP contribution in [0, 0.1) is 0 Å². The van der Waals surface area contributed by atoms with Crippen molar-refractivity contribution >= 4 is 6.09 Å². The van der Waals surface area contributed by atoms with Gasteiger partial charge in [0, 0.05) is 24.7 Å². The highest BCUT2D eigenvalue weighted by Crippen LogP contribution is 2.25. The molecule has 4 heteroatoms. The molecule has 110 valence electrons. The predicted molar refractivity (Wildman–Crippen MR) is 76.2 cm³/mol. The van der Waals surface area contributed by atoms with E-state index in [1.165, 1.54) is 19.3 Å². The number of amides is 1. The summed E-state index contributed by atoms with van der Waals surface area (Å²) in [6.07, 6.45) is 5.98. The van der Waals surface area contributed by atoms with Crippen LogP contribution in [0.25, 0.3) is 0 Å². The van der Waals surface area contributed by atoms with Crippen LogP contribution in [0.2, 0.25) is 0 Å². The van der Waals surface area contributed by atoms with E-state index in [2.05, 4.69) is 12.2 Å². The molecule has 0 aromatic rings. The fourth-order valence-corrected chi connectivity index (χ4v) is 2.82. The zero-order valence-corrected chi connectivity index (χ0v) is 12.7. The molecule has 4 nitrogen and oxygen atoms in total. The van der Waals surface area contributed by atoms with E-state index in [9.17, 15) is 4.79 Å². The van der Waals surface area contributed by atoms with Crippen LogP contribution in [-0.4, -0.2) is 41.3 Å². The van der Waals surface area contributed by atoms with E-state index in [0.717, 1.165) is 19.4 Å². The SMILES string of the molecule is CC1C(NC2CCC2)CCCN1C(=O)OC(C)(C)C. The number of ether oxygens (including phenoxy) is 1. The minimum absolute atomic E-state index is 0.167. The third-order valence-corrected chi connectivity index (χ3v) is 4.17. The first-order valence-electron chi connectivity index (χ1n) is 7.62. The van der Waals surface area contributed by atoms with E-state index < -0.39 is 5.60 Å². The quantitative estimate of drug-likeness (QED) is 0.837. The van der Waals surface area contributed by atoms with Crippen LogP contribution in [0.1, 0.15) is 59.8 Å². The second-order valence-electron chi connectivity index (χ2n) is 6.96. The van der Waals surface area contributed by atoms with Crippen molar-refractivity contribution in [3.05, 3.63) is 0 Å². The number of hydrogen-bond acceptors (Lipinski definition) is 3. The van der Waals surface area contributed by atoms with E-state index in [0.29, 0.717) is 12.1 Å². The van der Waals surface area contributed by atoms with Crippen LogP contribution in [0.4, 0.5) is 4.79 Å². The molecule has 2 atom stereocenters. The first-order valence-corrected chi connectivity index (χ1v) is 7.62. The van der Waals surface area contributed by atoms with Crippen molar-refractivity contribution in [3.8, 4) is 0 Å². The van der Waals surface area contributed by atoms with Gasteiger partial charge in [0.1, 0.15) is 5.60 Å². The molecule has 19 heavy (non-hydrogen) atoms. The van der Waals surface area contributed by atoms with Crippen LogP contribution in [-0.2, 0) is 4.74 Å². The molecule has 1 heterocycles. The summed E-state index contributed by atoms with van der Waals surface area (Å²) in [6.45, 7) is 8.72. The standard InChI is InChI=1S/C15H28N2O2/c1-11-13(16-12-7-5-8-12)9-6-10-17(11)14(18)19-15(2,3)4/h11-13,16H,5-10H2,1-4H3. The zero-order valence-electron chi connectivity index (χ0n) is 12.7. The lowest BCUT2D eigenvalue weighted by molar-refractivity contribution is 0.00555. The molecule has 0 aromatic carbocycles. The Bertz CT molecular complexity index is 321. The lowest BCUT2D eigenvalue weighted by Crippen LogP contribution is -2.58. The number of hydrogen-bond donors (Lipinski definition) is 1. The van der Waals surface area contributed by atoms with Crippen molar-refractivity contribution in [2.24, 2.45) is 0 Å². The zero-order chi connectivity index (χ0) is 14.0. The maximum Gasteiger partial charge on any atom is 0.410 e. The van der Waals surface area contributed by atoms with Crippen molar-refractivity contribution in [3.63, 3.8) is 0 Å². The monoisotopic (exact) mass is 268 g/mol. The van der Waals surface area contributed by atoms with Crippen LogP contribution in [0.3, 0.4) is 0 Å². The van der Waals surface area contributed by atoms with E-state index in [1.54, 1.807) is 0 Å². The predicted octanol–water partition coefficient (Wildman–Crippen LogP) is 2.92. The average Bonchev–Trinajstić information content (AvgIpc) is 2.22. The summed E-state index contributed by atoms with van der Waals surface area (Å²) in [6, 6.07) is 1.32. The van der Waals surface area contributed by atoms with E-state index in [4.69, 9.17) is 4.74 Å². The van der Waals surface area contributed by atoms with Gasteiger partial charge in [-0.05, 0) is 53.4 Å². The van der Waals surface area contributed by atoms with Gasteiger partial charge >= 0.3 is 6.09 Å². The highest BCUT2D eigenvalue weighted by atomic mass is 16.6. The van der Waals surface area contributed by atoms with Gasteiger partial charge in [-0.1, -0.05) is 6.42 Å². The molecule has 2 aliphatic rings. The molecule has 1 N–H and O–H groups in total. The Morgan fingerprint density at radius 2 is 1.89 bits per heavy atom. The van der Waals surface area contributed by atoms with E-state index in [1.807, 2.05) is 25.7 Å². The summed E-state index contributed by atoms with van der Waals surface area (Å²) in [5.41, 5.74) is -0.412. The van der Waals surface area contributed by atoms with Crippen molar-refractivity contribution in [2.75, 3.05) is 6.54 Å². The smallest absolute Gasteiger partial charge is 0.410 e. The first-order chi connectivity index (χ1) is 8.87. The summed E-state index contributed by atoms with van der Waals surface area (Å²) >= 11 is 0. The Balaban J connectivity index is 1.91. The lowest BCUT2D eigenvalue weighted by Gasteiger charge is -2.43. The maximum atomic E-state index is 12.2. The van der Waals surface area contributed by atoms with Crippen LogP contribution < -0.4 is 5.32 Å². The summed E-state index contributed by atoms with van der Waals surface area (Å²) in [5.74, 6) is 0. The Morgan fingerprint density at radius 3 is 2.42 bits per heavy atom. The molecular formula is C15H28N2O2. The van der Waals surface area contributed by atoms with Gasteiger partial charge in [0.05, 0.1) is 0 Å². The fraction of sp³-hybridized carbons (Fsp3) is 0.933. The second-order valence-corrected chi connectivity index (χ2v) is 6.96. The van der Waals surface area contributed by atoms with Gasteiger partial charge in [-0.2, -0.15) is 0 Å². The Morgan fingerprint density at radius 1 is 1.21 bits per heavy atom. The molecule has 1 saturated carbocycles. The minimum atomic E-state index is -0.412. The van der Waals surface area contributed by atoms with Gasteiger partial charge in [0.15, 0.2) is 0 Å². The number of piperidine rings is 1. The molecule has 0 radical (unpaired) electrons. The van der Waals surface area contributed by atoms with Gasteiger partial charge in [0.2, 0.25) is 0 Å². The summed E-state index contributed by atoms with van der Waals surface area (Å²) < 4.78 is 5.50. The topological polar surface area (TPSA) is 41.6 Å². The molecule has 0 aromatic heterocycles. The van der Waals surface area contributed by atoms with Crippen molar-refractivity contribution in [1.82, 2.24) is 10.2 Å². The molecular weight excluding hydrogens is 240 g/mol. The molecule has 0 spiro atoms. The first kappa shape index (κ1) is 14.6. The number of carbonyl (C=O) groups is 1. The Kier molecular flexibility index (Phi) is 4.39. The maximum absolute atomic E-state index is 12.2. The molecule has 1 aliphatic carbocycles. The number of rotatable bonds is 2. The minimum Gasteiger partial charge on any atom is -0.444 e. The Labute approximate surface area is 116 Å². The number of carbonyl (C=O) groups excluding carboxylic acids is 1. The van der Waals surface area contributed by atoms with Crippen LogP contribution in [0.15, 0.2) is 0 Å². The van der Waals surface area contributed by atoms with Crippen LogP contribution >= 0.6 is 0 Å². The molecule has 1 amide bonds. The van der Waals surface area contributed by atoms with E-state index in [-0.39, 0.29) is 12.1 Å². The summed E-state index contributed by atoms with van der Waals surface area (Å²) in [7, 11) is 0. The van der Waals surface area contributed by atoms with Gasteiger partial charge < -0.3 is 15.0 Å². The van der Waals surface area contributed by atoms with Crippen molar-refractivity contribution in [2.45, 2.75) is 83.5 Å². The van der Waals surface area contributed by atoms with Gasteiger partial charge in [0.25, 0.3) is 0 Å². The van der Waals surface area contributed by atoms with Crippen molar-refractivity contribution < 1.29 is 9.53 Å². The number of likely N-dealkylation sites (tertiary alicyclic amines) is 1. The van der Waals surface area contributed by atoms with Gasteiger partial charge in [-0.3, -0.25) is 0 Å². The van der Waals surface area contributed by atoms with Gasteiger partial charge in [-0.25, -0.2) is 4.79 Å². The molecule has 0 bridgehead atoms. The number of nitrogens with zero attached hydrogens (tertiary/aromatic N) is 1. The normalized spacial score (nSPS) is 28.9. The molecule has 2 rings (SSSR count). The third-order valence-electron chi connectivity index (χ3n) is 4.17. The largest absolute Gasteiger partial charge is 0.444 e. The van der Waals surface area contributed by atoms with Crippen LogP contribution in [0.5, 0.6) is 0 Å². The number of nitrogens with one attached hydrogen (secondary N) is 1. The summed E-state index contributed by atoms with van der Waals surface area (Å²) in [4.78, 5) is 14.1. The lowest BCUT2D eigenvalue weighted by atomic mass is 9.89. The molecule has 1 saturated heterocycles. The average molecular weight is 268 g/mol. The molecule has 2 fully saturated rings. The van der Waals surface area contributed by atoms with Gasteiger partial charge in [-0.15, -0.1) is 0 Å².